The highest BCUT2D eigenvalue weighted by Gasteiger charge is 2.16. The van der Waals surface area contributed by atoms with Crippen LogP contribution in [0.1, 0.15) is 13.8 Å². The van der Waals surface area contributed by atoms with Crippen LogP contribution in [0.25, 0.3) is 0 Å². The Hall–Kier alpha value is -1.03. The quantitative estimate of drug-likeness (QED) is 0.780. The van der Waals surface area contributed by atoms with Gasteiger partial charge in [-0.2, -0.15) is 0 Å². The molecule has 1 heterocycles. The Balaban J connectivity index is 2.76. The van der Waals surface area contributed by atoms with Crippen LogP contribution < -0.4 is 10.1 Å². The molecule has 0 saturated carbocycles. The number of anilines is 1. The molecule has 0 aliphatic heterocycles. The van der Waals surface area contributed by atoms with Crippen molar-refractivity contribution in [1.29, 1.82) is 0 Å². The predicted octanol–water partition coefficient (Wildman–Crippen LogP) is 1.91. The summed E-state index contributed by atoms with van der Waals surface area (Å²) in [4.78, 5) is 7.97. The monoisotopic (exact) mass is 215 g/mol. The summed E-state index contributed by atoms with van der Waals surface area (Å²) in [5.74, 6) is 1.75. The predicted molar refractivity (Wildman–Crippen MR) is 57.0 cm³/mol. The summed E-state index contributed by atoms with van der Waals surface area (Å²) in [5.41, 5.74) is -0.194. The molecular weight excluding hydrogens is 202 g/mol. The largest absolute Gasteiger partial charge is 0.481 e. The minimum atomic E-state index is -0.194. The zero-order valence-corrected chi connectivity index (χ0v) is 9.30. The van der Waals surface area contributed by atoms with Crippen LogP contribution in [0.5, 0.6) is 5.88 Å². The Morgan fingerprint density at radius 2 is 2.21 bits per heavy atom. The number of rotatable bonds is 4. The molecule has 0 fully saturated rings. The number of ether oxygens (including phenoxy) is 1. The SMILES string of the molecule is COc1cc(NC(C)(C)CCl)ncn1. The molecule has 0 aromatic carbocycles. The van der Waals surface area contributed by atoms with Crippen molar-refractivity contribution in [3.05, 3.63) is 12.4 Å². The molecule has 1 N–H and O–H groups in total. The number of aromatic nitrogens is 2. The first kappa shape index (κ1) is 11.0. The van der Waals surface area contributed by atoms with Gasteiger partial charge in [0.1, 0.15) is 12.1 Å². The highest BCUT2D eigenvalue weighted by atomic mass is 35.5. The second-order valence-corrected chi connectivity index (χ2v) is 3.86. The topological polar surface area (TPSA) is 47.0 Å². The van der Waals surface area contributed by atoms with Gasteiger partial charge < -0.3 is 10.1 Å². The van der Waals surface area contributed by atoms with Gasteiger partial charge in [0, 0.05) is 17.5 Å². The van der Waals surface area contributed by atoms with Gasteiger partial charge in [-0.15, -0.1) is 11.6 Å². The van der Waals surface area contributed by atoms with E-state index in [1.165, 1.54) is 6.33 Å². The number of methoxy groups -OCH3 is 1. The second kappa shape index (κ2) is 4.46. The van der Waals surface area contributed by atoms with Gasteiger partial charge in [-0.1, -0.05) is 0 Å². The lowest BCUT2D eigenvalue weighted by atomic mass is 10.1. The van der Waals surface area contributed by atoms with Crippen LogP contribution >= 0.6 is 11.6 Å². The van der Waals surface area contributed by atoms with Crippen molar-refractivity contribution in [1.82, 2.24) is 9.97 Å². The summed E-state index contributed by atoms with van der Waals surface area (Å²) in [6.45, 7) is 3.99. The van der Waals surface area contributed by atoms with Gasteiger partial charge in [-0.25, -0.2) is 9.97 Å². The van der Waals surface area contributed by atoms with Crippen molar-refractivity contribution in [3.8, 4) is 5.88 Å². The van der Waals surface area contributed by atoms with Crippen molar-refractivity contribution in [3.63, 3.8) is 0 Å². The highest BCUT2D eigenvalue weighted by Crippen LogP contribution is 2.16. The summed E-state index contributed by atoms with van der Waals surface area (Å²) in [6, 6.07) is 1.73. The summed E-state index contributed by atoms with van der Waals surface area (Å²) in [7, 11) is 1.57. The van der Waals surface area contributed by atoms with E-state index in [1.807, 2.05) is 13.8 Å². The lowest BCUT2D eigenvalue weighted by Crippen LogP contribution is -2.33. The fourth-order valence-electron chi connectivity index (χ4n) is 0.900. The molecule has 0 radical (unpaired) electrons. The van der Waals surface area contributed by atoms with Gasteiger partial charge in [0.25, 0.3) is 0 Å². The van der Waals surface area contributed by atoms with E-state index >= 15 is 0 Å². The maximum Gasteiger partial charge on any atom is 0.218 e. The first-order valence-electron chi connectivity index (χ1n) is 4.27. The Morgan fingerprint density at radius 3 is 2.79 bits per heavy atom. The van der Waals surface area contributed by atoms with Gasteiger partial charge in [-0.05, 0) is 13.8 Å². The van der Waals surface area contributed by atoms with Crippen molar-refractivity contribution >= 4 is 17.4 Å². The normalized spacial score (nSPS) is 11.1. The van der Waals surface area contributed by atoms with Gasteiger partial charge in [0.2, 0.25) is 5.88 Å². The average molecular weight is 216 g/mol. The maximum absolute atomic E-state index is 5.78. The molecule has 0 aliphatic carbocycles. The molecule has 0 unspecified atom stereocenters. The number of hydrogen-bond acceptors (Lipinski definition) is 4. The second-order valence-electron chi connectivity index (χ2n) is 3.59. The van der Waals surface area contributed by atoms with E-state index in [0.29, 0.717) is 17.6 Å². The molecule has 0 bridgehead atoms. The molecule has 4 nitrogen and oxygen atoms in total. The summed E-state index contributed by atoms with van der Waals surface area (Å²) >= 11 is 5.78. The van der Waals surface area contributed by atoms with Crippen molar-refractivity contribution < 1.29 is 4.74 Å². The summed E-state index contributed by atoms with van der Waals surface area (Å²) < 4.78 is 4.98. The molecule has 0 saturated heterocycles. The number of nitrogens with zero attached hydrogens (tertiary/aromatic N) is 2. The van der Waals surface area contributed by atoms with E-state index in [1.54, 1.807) is 13.2 Å². The van der Waals surface area contributed by atoms with E-state index in [-0.39, 0.29) is 5.54 Å². The van der Waals surface area contributed by atoms with Crippen LogP contribution in [0.4, 0.5) is 5.82 Å². The van der Waals surface area contributed by atoms with Crippen molar-refractivity contribution in [2.75, 3.05) is 18.3 Å². The Kier molecular flexibility index (Phi) is 3.52. The minimum absolute atomic E-state index is 0.194. The molecule has 1 rings (SSSR count). The molecule has 0 amide bonds. The number of alkyl halides is 1. The van der Waals surface area contributed by atoms with Crippen LogP contribution in [0, 0.1) is 0 Å². The van der Waals surface area contributed by atoms with E-state index in [4.69, 9.17) is 16.3 Å². The summed E-state index contributed by atoms with van der Waals surface area (Å²) in [6.07, 6.45) is 1.45. The first-order chi connectivity index (χ1) is 6.57. The van der Waals surface area contributed by atoms with Gasteiger partial charge in [0.05, 0.1) is 7.11 Å². The molecule has 0 atom stereocenters. The van der Waals surface area contributed by atoms with E-state index in [0.717, 1.165) is 0 Å². The Morgan fingerprint density at radius 1 is 1.50 bits per heavy atom. The Bertz CT molecular complexity index is 304. The van der Waals surface area contributed by atoms with Crippen molar-refractivity contribution in [2.24, 2.45) is 0 Å². The van der Waals surface area contributed by atoms with Gasteiger partial charge >= 0.3 is 0 Å². The average Bonchev–Trinajstić information content (AvgIpc) is 2.17. The number of hydrogen-bond donors (Lipinski definition) is 1. The van der Waals surface area contributed by atoms with Gasteiger partial charge in [-0.3, -0.25) is 0 Å². The van der Waals surface area contributed by atoms with Crippen LogP contribution in [-0.2, 0) is 0 Å². The number of nitrogens with one attached hydrogen (secondary N) is 1. The third-order valence-corrected chi connectivity index (χ3v) is 2.32. The molecule has 1 aromatic heterocycles. The first-order valence-corrected chi connectivity index (χ1v) is 4.81. The van der Waals surface area contributed by atoms with E-state index in [9.17, 15) is 0 Å². The highest BCUT2D eigenvalue weighted by molar-refractivity contribution is 6.18. The van der Waals surface area contributed by atoms with Crippen LogP contribution in [-0.4, -0.2) is 28.5 Å². The third-order valence-electron chi connectivity index (χ3n) is 1.65. The molecule has 0 spiro atoms. The number of halogens is 1. The molecule has 78 valence electrons. The van der Waals surface area contributed by atoms with Crippen molar-refractivity contribution in [2.45, 2.75) is 19.4 Å². The zero-order chi connectivity index (χ0) is 10.6. The van der Waals surface area contributed by atoms with Crippen LogP contribution in [0.15, 0.2) is 12.4 Å². The fourth-order valence-corrected chi connectivity index (χ4v) is 0.966. The standard InChI is InChI=1S/C9H14ClN3O/c1-9(2,5-10)13-7-4-8(14-3)12-6-11-7/h4,6H,5H2,1-3H3,(H,11,12,13). The van der Waals surface area contributed by atoms with Gasteiger partial charge in [0.15, 0.2) is 0 Å². The lowest BCUT2D eigenvalue weighted by molar-refractivity contribution is 0.397. The minimum Gasteiger partial charge on any atom is -0.481 e. The van der Waals surface area contributed by atoms with E-state index in [2.05, 4.69) is 15.3 Å². The summed E-state index contributed by atoms with van der Waals surface area (Å²) in [5, 5.41) is 3.18. The lowest BCUT2D eigenvalue weighted by Gasteiger charge is -2.23. The van der Waals surface area contributed by atoms with Crippen LogP contribution in [0.2, 0.25) is 0 Å². The van der Waals surface area contributed by atoms with Crippen LogP contribution in [0.3, 0.4) is 0 Å². The maximum atomic E-state index is 5.78. The van der Waals surface area contributed by atoms with E-state index < -0.39 is 0 Å². The Labute approximate surface area is 88.7 Å². The molecule has 5 heteroatoms. The zero-order valence-electron chi connectivity index (χ0n) is 8.54. The third kappa shape index (κ3) is 3.03. The molecule has 1 aromatic rings. The molecule has 14 heavy (non-hydrogen) atoms. The smallest absolute Gasteiger partial charge is 0.218 e. The molecule has 0 aliphatic rings. The molecular formula is C9H14ClN3O. The fraction of sp³-hybridized carbons (Fsp3) is 0.556.